The summed E-state index contributed by atoms with van der Waals surface area (Å²) in [6, 6.07) is 7.56. The molecule has 18 heavy (non-hydrogen) atoms. The van der Waals surface area contributed by atoms with E-state index >= 15 is 0 Å². The number of rotatable bonds is 5. The van der Waals surface area contributed by atoms with Crippen molar-refractivity contribution in [2.75, 3.05) is 6.61 Å². The first kappa shape index (κ1) is 12.9. The zero-order valence-corrected chi connectivity index (χ0v) is 11.0. The summed E-state index contributed by atoms with van der Waals surface area (Å²) in [5.74, 6) is 0.763. The topological polar surface area (TPSA) is 53.1 Å². The fraction of sp³-hybridized carbons (Fsp3) is 0.308. The van der Waals surface area contributed by atoms with Crippen molar-refractivity contribution in [2.45, 2.75) is 13.0 Å². The molecule has 1 heterocycles. The molecule has 4 nitrogen and oxygen atoms in total. The van der Waals surface area contributed by atoms with E-state index in [-0.39, 0.29) is 0 Å². The third kappa shape index (κ3) is 3.03. The maximum Gasteiger partial charge on any atom is 0.120 e. The van der Waals surface area contributed by atoms with E-state index in [1.54, 1.807) is 12.3 Å². The van der Waals surface area contributed by atoms with Gasteiger partial charge in [-0.3, -0.25) is 4.68 Å². The number of ether oxygens (including phenoxy) is 1. The molecule has 2 aromatic rings. The number of aromatic nitrogens is 2. The van der Waals surface area contributed by atoms with E-state index in [9.17, 15) is 0 Å². The lowest BCUT2D eigenvalue weighted by Gasteiger charge is -2.08. The Morgan fingerprint density at radius 3 is 2.83 bits per heavy atom. The van der Waals surface area contributed by atoms with Gasteiger partial charge in [-0.15, -0.1) is 0 Å². The molecule has 0 spiro atoms. The van der Waals surface area contributed by atoms with Crippen molar-refractivity contribution in [3.05, 3.63) is 46.7 Å². The Labute approximate surface area is 111 Å². The number of benzene rings is 1. The van der Waals surface area contributed by atoms with E-state index in [0.717, 1.165) is 23.4 Å². The molecule has 0 radical (unpaired) electrons. The van der Waals surface area contributed by atoms with Crippen molar-refractivity contribution in [1.29, 1.82) is 0 Å². The van der Waals surface area contributed by atoms with E-state index in [0.29, 0.717) is 18.2 Å². The molecule has 0 fully saturated rings. The average molecular weight is 266 g/mol. The van der Waals surface area contributed by atoms with Gasteiger partial charge in [0.2, 0.25) is 0 Å². The molecule has 0 aliphatic heterocycles. The van der Waals surface area contributed by atoms with Gasteiger partial charge in [-0.25, -0.2) is 0 Å². The summed E-state index contributed by atoms with van der Waals surface area (Å²) in [7, 11) is 1.92. The highest BCUT2D eigenvalue weighted by Crippen LogP contribution is 2.22. The molecule has 0 unspecified atom stereocenters. The van der Waals surface area contributed by atoms with Gasteiger partial charge in [0.1, 0.15) is 5.75 Å². The maximum absolute atomic E-state index is 6.06. The fourth-order valence-corrected chi connectivity index (χ4v) is 1.95. The van der Waals surface area contributed by atoms with Crippen LogP contribution in [0.3, 0.4) is 0 Å². The number of halogens is 1. The summed E-state index contributed by atoms with van der Waals surface area (Å²) in [6.45, 7) is 1.03. The van der Waals surface area contributed by atoms with Gasteiger partial charge < -0.3 is 10.5 Å². The van der Waals surface area contributed by atoms with Gasteiger partial charge in [-0.1, -0.05) is 17.7 Å². The second-order valence-electron chi connectivity index (χ2n) is 4.00. The number of nitrogens with zero attached hydrogens (tertiary/aromatic N) is 2. The lowest BCUT2D eigenvalue weighted by molar-refractivity contribution is 0.318. The minimum Gasteiger partial charge on any atom is -0.493 e. The average Bonchev–Trinajstić information content (AvgIpc) is 2.75. The molecule has 1 aromatic heterocycles. The Morgan fingerprint density at radius 1 is 1.39 bits per heavy atom. The molecule has 0 saturated carbocycles. The van der Waals surface area contributed by atoms with Gasteiger partial charge in [0.05, 0.1) is 6.61 Å². The summed E-state index contributed by atoms with van der Waals surface area (Å²) < 4.78 is 7.49. The van der Waals surface area contributed by atoms with Crippen LogP contribution in [0, 0.1) is 0 Å². The Balaban J connectivity index is 1.91. The molecule has 0 atom stereocenters. The second-order valence-corrected chi connectivity index (χ2v) is 4.41. The van der Waals surface area contributed by atoms with Gasteiger partial charge >= 0.3 is 0 Å². The Bertz CT molecular complexity index is 525. The van der Waals surface area contributed by atoms with Gasteiger partial charge in [0.25, 0.3) is 0 Å². The van der Waals surface area contributed by atoms with Crippen LogP contribution in [0.4, 0.5) is 0 Å². The minimum atomic E-state index is 0.439. The van der Waals surface area contributed by atoms with Crippen LogP contribution in [0.1, 0.15) is 11.3 Å². The van der Waals surface area contributed by atoms with Crippen molar-refractivity contribution < 1.29 is 4.74 Å². The van der Waals surface area contributed by atoms with Gasteiger partial charge in [0.15, 0.2) is 0 Å². The Kier molecular flexibility index (Phi) is 4.23. The van der Waals surface area contributed by atoms with Gasteiger partial charge in [0, 0.05) is 36.9 Å². The van der Waals surface area contributed by atoms with Crippen LogP contribution < -0.4 is 10.5 Å². The normalized spacial score (nSPS) is 10.6. The Morgan fingerprint density at radius 2 is 2.22 bits per heavy atom. The summed E-state index contributed by atoms with van der Waals surface area (Å²) in [6.07, 6.45) is 2.59. The van der Waals surface area contributed by atoms with Crippen molar-refractivity contribution in [3.8, 4) is 5.75 Å². The molecule has 0 bridgehead atoms. The zero-order valence-electron chi connectivity index (χ0n) is 10.3. The van der Waals surface area contributed by atoms with Gasteiger partial charge in [-0.2, -0.15) is 5.10 Å². The van der Waals surface area contributed by atoms with Crippen LogP contribution >= 0.6 is 11.6 Å². The molecule has 0 amide bonds. The van der Waals surface area contributed by atoms with Crippen LogP contribution in [0.15, 0.2) is 30.5 Å². The summed E-state index contributed by atoms with van der Waals surface area (Å²) in [5.41, 5.74) is 7.61. The SMILES string of the molecule is Cn1nccc1CCOc1ccc(CN)c(Cl)c1. The lowest BCUT2D eigenvalue weighted by atomic mass is 10.2. The largest absolute Gasteiger partial charge is 0.493 e. The van der Waals surface area contributed by atoms with Gasteiger partial charge in [-0.05, 0) is 23.8 Å². The highest BCUT2D eigenvalue weighted by atomic mass is 35.5. The molecule has 2 N–H and O–H groups in total. The summed E-state index contributed by atoms with van der Waals surface area (Å²) in [5, 5.41) is 4.75. The van der Waals surface area contributed by atoms with E-state index in [2.05, 4.69) is 5.10 Å². The predicted molar refractivity (Wildman–Crippen MR) is 71.8 cm³/mol. The van der Waals surface area contributed by atoms with Crippen LogP contribution in [0.5, 0.6) is 5.75 Å². The molecule has 0 aliphatic rings. The molecule has 96 valence electrons. The highest BCUT2D eigenvalue weighted by molar-refractivity contribution is 6.31. The number of hydrogen-bond acceptors (Lipinski definition) is 3. The van der Waals surface area contributed by atoms with E-state index in [1.807, 2.05) is 29.9 Å². The third-order valence-corrected chi connectivity index (χ3v) is 3.15. The number of hydrogen-bond donors (Lipinski definition) is 1. The van der Waals surface area contributed by atoms with Crippen molar-refractivity contribution in [3.63, 3.8) is 0 Å². The first-order valence-electron chi connectivity index (χ1n) is 5.79. The molecule has 0 saturated heterocycles. The monoisotopic (exact) mass is 265 g/mol. The minimum absolute atomic E-state index is 0.439. The molecule has 5 heteroatoms. The molecule has 1 aromatic carbocycles. The lowest BCUT2D eigenvalue weighted by Crippen LogP contribution is -2.06. The molecular formula is C13H16ClN3O. The number of aryl methyl sites for hydroxylation is 1. The van der Waals surface area contributed by atoms with Crippen molar-refractivity contribution >= 4 is 11.6 Å². The molecule has 0 aliphatic carbocycles. The second kappa shape index (κ2) is 5.89. The maximum atomic E-state index is 6.06. The first-order valence-corrected chi connectivity index (χ1v) is 6.16. The quantitative estimate of drug-likeness (QED) is 0.901. The number of nitrogens with two attached hydrogens (primary N) is 1. The van der Waals surface area contributed by atoms with E-state index < -0.39 is 0 Å². The molecule has 2 rings (SSSR count). The fourth-order valence-electron chi connectivity index (χ4n) is 1.70. The Hall–Kier alpha value is -1.52. The van der Waals surface area contributed by atoms with E-state index in [4.69, 9.17) is 22.1 Å². The summed E-state index contributed by atoms with van der Waals surface area (Å²) >= 11 is 6.06. The van der Waals surface area contributed by atoms with Crippen LogP contribution in [0.2, 0.25) is 5.02 Å². The predicted octanol–water partition coefficient (Wildman–Crippen LogP) is 2.15. The smallest absolute Gasteiger partial charge is 0.120 e. The third-order valence-electron chi connectivity index (χ3n) is 2.79. The van der Waals surface area contributed by atoms with E-state index in [1.165, 1.54) is 0 Å². The van der Waals surface area contributed by atoms with Crippen molar-refractivity contribution in [1.82, 2.24) is 9.78 Å². The first-order chi connectivity index (χ1) is 8.70. The van der Waals surface area contributed by atoms with Crippen LogP contribution in [-0.2, 0) is 20.0 Å². The summed E-state index contributed by atoms with van der Waals surface area (Å²) in [4.78, 5) is 0. The van der Waals surface area contributed by atoms with Crippen molar-refractivity contribution in [2.24, 2.45) is 12.8 Å². The standard InChI is InChI=1S/C13H16ClN3O/c1-17-11(4-6-16-17)5-7-18-12-3-2-10(9-15)13(14)8-12/h2-4,6,8H,5,7,9,15H2,1H3. The highest BCUT2D eigenvalue weighted by Gasteiger charge is 2.02. The van der Waals surface area contributed by atoms with Crippen LogP contribution in [-0.4, -0.2) is 16.4 Å². The van der Waals surface area contributed by atoms with Crippen LogP contribution in [0.25, 0.3) is 0 Å². The zero-order chi connectivity index (χ0) is 13.0. The molecular weight excluding hydrogens is 250 g/mol.